The Morgan fingerprint density at radius 3 is 2.62 bits per heavy atom. The van der Waals surface area contributed by atoms with Gasteiger partial charge in [-0.1, -0.05) is 22.9 Å². The molecule has 0 bridgehead atoms. The molecular formula is C18H16ClN3O3S. The third-order valence-electron chi connectivity index (χ3n) is 3.67. The smallest absolute Gasteiger partial charge is 0.251 e. The van der Waals surface area contributed by atoms with Crippen LogP contribution in [0, 0.1) is 0 Å². The van der Waals surface area contributed by atoms with Crippen LogP contribution in [0.3, 0.4) is 0 Å². The fourth-order valence-corrected chi connectivity index (χ4v) is 3.27. The molecule has 0 fully saturated rings. The highest BCUT2D eigenvalue weighted by molar-refractivity contribution is 7.22. The second kappa shape index (κ2) is 7.72. The summed E-state index contributed by atoms with van der Waals surface area (Å²) in [5.74, 6) is 0.0271. The van der Waals surface area contributed by atoms with Gasteiger partial charge in [0.25, 0.3) is 5.91 Å². The highest BCUT2D eigenvalue weighted by atomic mass is 35.5. The van der Waals surface area contributed by atoms with Crippen molar-refractivity contribution >= 4 is 50.1 Å². The van der Waals surface area contributed by atoms with Gasteiger partial charge in [-0.15, -0.1) is 0 Å². The largest absolute Gasteiger partial charge is 0.497 e. The molecule has 0 aliphatic carbocycles. The highest BCUT2D eigenvalue weighted by Crippen LogP contribution is 2.29. The number of rotatable bonds is 5. The van der Waals surface area contributed by atoms with E-state index in [2.05, 4.69) is 15.6 Å². The Kier molecular flexibility index (Phi) is 5.39. The summed E-state index contributed by atoms with van der Waals surface area (Å²) in [6.07, 6.45) is 0. The van der Waals surface area contributed by atoms with E-state index >= 15 is 0 Å². The van der Waals surface area contributed by atoms with E-state index in [1.54, 1.807) is 38.3 Å². The number of halogens is 1. The van der Waals surface area contributed by atoms with Crippen LogP contribution in [-0.2, 0) is 4.79 Å². The molecule has 134 valence electrons. The molecule has 1 unspecified atom stereocenters. The van der Waals surface area contributed by atoms with Crippen LogP contribution in [0.4, 0.5) is 5.13 Å². The summed E-state index contributed by atoms with van der Waals surface area (Å²) in [4.78, 5) is 28.9. The molecular weight excluding hydrogens is 374 g/mol. The number of hydrogen-bond acceptors (Lipinski definition) is 5. The lowest BCUT2D eigenvalue weighted by atomic mass is 10.2. The molecule has 1 heterocycles. The lowest BCUT2D eigenvalue weighted by Crippen LogP contribution is -2.41. The van der Waals surface area contributed by atoms with Gasteiger partial charge in [0, 0.05) is 10.6 Å². The van der Waals surface area contributed by atoms with Crippen LogP contribution in [0.1, 0.15) is 17.3 Å². The predicted molar refractivity (Wildman–Crippen MR) is 103 cm³/mol. The molecule has 2 amide bonds. The number of aromatic nitrogens is 1. The van der Waals surface area contributed by atoms with Crippen LogP contribution in [0.2, 0.25) is 5.02 Å². The number of ether oxygens (including phenoxy) is 1. The van der Waals surface area contributed by atoms with Crippen molar-refractivity contribution < 1.29 is 14.3 Å². The van der Waals surface area contributed by atoms with Crippen molar-refractivity contribution in [2.24, 2.45) is 0 Å². The molecule has 0 saturated carbocycles. The van der Waals surface area contributed by atoms with Gasteiger partial charge in [0.15, 0.2) is 5.13 Å². The standard InChI is InChI=1S/C18H16ClN3O3S/c1-10(20-17(24)11-3-5-12(19)6-4-11)16(23)22-18-21-14-8-7-13(25-2)9-15(14)26-18/h3-10H,1-2H3,(H,20,24)(H,21,22,23). The Labute approximate surface area is 159 Å². The average Bonchev–Trinajstić information content (AvgIpc) is 3.03. The van der Waals surface area contributed by atoms with Crippen LogP contribution >= 0.6 is 22.9 Å². The molecule has 0 saturated heterocycles. The van der Waals surface area contributed by atoms with Gasteiger partial charge in [0.05, 0.1) is 17.3 Å². The summed E-state index contributed by atoms with van der Waals surface area (Å²) in [5, 5.41) is 6.38. The molecule has 2 N–H and O–H groups in total. The van der Waals surface area contributed by atoms with Gasteiger partial charge >= 0.3 is 0 Å². The summed E-state index contributed by atoms with van der Waals surface area (Å²) in [5.41, 5.74) is 1.20. The predicted octanol–water partition coefficient (Wildman–Crippen LogP) is 3.72. The second-order valence-electron chi connectivity index (χ2n) is 5.54. The van der Waals surface area contributed by atoms with Crippen molar-refractivity contribution in [3.05, 3.63) is 53.1 Å². The maximum Gasteiger partial charge on any atom is 0.251 e. The first-order valence-corrected chi connectivity index (χ1v) is 8.97. The van der Waals surface area contributed by atoms with E-state index in [1.165, 1.54) is 11.3 Å². The molecule has 3 rings (SSSR count). The summed E-state index contributed by atoms with van der Waals surface area (Å²) in [7, 11) is 1.59. The maximum absolute atomic E-state index is 12.3. The van der Waals surface area contributed by atoms with Crippen molar-refractivity contribution in [3.63, 3.8) is 0 Å². The first kappa shape index (κ1) is 18.2. The molecule has 1 aromatic heterocycles. The second-order valence-corrected chi connectivity index (χ2v) is 7.01. The number of thiazole rings is 1. The maximum atomic E-state index is 12.3. The molecule has 3 aromatic rings. The van der Waals surface area contributed by atoms with E-state index in [0.717, 1.165) is 16.0 Å². The van der Waals surface area contributed by atoms with Gasteiger partial charge in [-0.3, -0.25) is 9.59 Å². The highest BCUT2D eigenvalue weighted by Gasteiger charge is 2.18. The zero-order valence-corrected chi connectivity index (χ0v) is 15.6. The SMILES string of the molecule is COc1ccc2nc(NC(=O)C(C)NC(=O)c3ccc(Cl)cc3)sc2c1. The van der Waals surface area contributed by atoms with Crippen LogP contribution in [0.5, 0.6) is 5.75 Å². The molecule has 8 heteroatoms. The van der Waals surface area contributed by atoms with Crippen LogP contribution in [-0.4, -0.2) is 29.9 Å². The Bertz CT molecular complexity index is 956. The average molecular weight is 390 g/mol. The summed E-state index contributed by atoms with van der Waals surface area (Å²) >= 11 is 7.14. The summed E-state index contributed by atoms with van der Waals surface area (Å²) in [6, 6.07) is 11.2. The summed E-state index contributed by atoms with van der Waals surface area (Å²) < 4.78 is 6.08. The number of methoxy groups -OCH3 is 1. The molecule has 0 spiro atoms. The Balaban J connectivity index is 1.65. The minimum atomic E-state index is -0.722. The minimum absolute atomic E-state index is 0.349. The van der Waals surface area contributed by atoms with E-state index in [0.29, 0.717) is 15.7 Å². The third-order valence-corrected chi connectivity index (χ3v) is 4.86. The first-order valence-electron chi connectivity index (χ1n) is 7.78. The van der Waals surface area contributed by atoms with Gasteiger partial charge in [-0.2, -0.15) is 0 Å². The van der Waals surface area contributed by atoms with Gasteiger partial charge in [-0.25, -0.2) is 4.98 Å². The van der Waals surface area contributed by atoms with Crippen molar-refractivity contribution in [2.75, 3.05) is 12.4 Å². The van der Waals surface area contributed by atoms with E-state index in [4.69, 9.17) is 16.3 Å². The van der Waals surface area contributed by atoms with Gasteiger partial charge in [0.2, 0.25) is 5.91 Å². The minimum Gasteiger partial charge on any atom is -0.497 e. The number of carbonyl (C=O) groups is 2. The number of nitrogens with zero attached hydrogens (tertiary/aromatic N) is 1. The van der Waals surface area contributed by atoms with Crippen molar-refractivity contribution in [2.45, 2.75) is 13.0 Å². The van der Waals surface area contributed by atoms with Crippen molar-refractivity contribution in [3.8, 4) is 5.75 Å². The molecule has 0 aliphatic heterocycles. The van der Waals surface area contributed by atoms with Gasteiger partial charge in [0.1, 0.15) is 11.8 Å². The normalized spacial score (nSPS) is 11.8. The van der Waals surface area contributed by atoms with Gasteiger partial charge in [-0.05, 0) is 49.4 Å². The lowest BCUT2D eigenvalue weighted by Gasteiger charge is -2.13. The lowest BCUT2D eigenvalue weighted by molar-refractivity contribution is -0.117. The monoisotopic (exact) mass is 389 g/mol. The van der Waals surface area contributed by atoms with Crippen molar-refractivity contribution in [1.82, 2.24) is 10.3 Å². The van der Waals surface area contributed by atoms with Gasteiger partial charge < -0.3 is 15.4 Å². The zero-order chi connectivity index (χ0) is 18.7. The Morgan fingerprint density at radius 1 is 1.19 bits per heavy atom. The topological polar surface area (TPSA) is 80.3 Å². The van der Waals surface area contributed by atoms with E-state index in [9.17, 15) is 9.59 Å². The number of nitrogens with one attached hydrogen (secondary N) is 2. The molecule has 1 atom stereocenters. The number of anilines is 1. The number of fused-ring (bicyclic) bond motifs is 1. The number of amides is 2. The van der Waals surface area contributed by atoms with Crippen LogP contribution in [0.15, 0.2) is 42.5 Å². The molecule has 6 nitrogen and oxygen atoms in total. The zero-order valence-electron chi connectivity index (χ0n) is 14.1. The van der Waals surface area contributed by atoms with E-state index < -0.39 is 6.04 Å². The summed E-state index contributed by atoms with van der Waals surface area (Å²) in [6.45, 7) is 1.61. The quantitative estimate of drug-likeness (QED) is 0.697. The molecule has 26 heavy (non-hydrogen) atoms. The van der Waals surface area contributed by atoms with E-state index in [-0.39, 0.29) is 11.8 Å². The first-order chi connectivity index (χ1) is 12.5. The Hall–Kier alpha value is -2.64. The van der Waals surface area contributed by atoms with Crippen LogP contribution in [0.25, 0.3) is 10.2 Å². The Morgan fingerprint density at radius 2 is 1.92 bits per heavy atom. The number of carbonyl (C=O) groups excluding carboxylic acids is 2. The van der Waals surface area contributed by atoms with Crippen molar-refractivity contribution in [1.29, 1.82) is 0 Å². The molecule has 2 aromatic carbocycles. The number of hydrogen-bond donors (Lipinski definition) is 2. The third kappa shape index (κ3) is 4.12. The molecule has 0 radical (unpaired) electrons. The molecule has 0 aliphatic rings. The fourth-order valence-electron chi connectivity index (χ4n) is 2.25. The number of benzene rings is 2. The van der Waals surface area contributed by atoms with E-state index in [1.807, 2.05) is 18.2 Å². The fraction of sp³-hybridized carbons (Fsp3) is 0.167. The van der Waals surface area contributed by atoms with Crippen LogP contribution < -0.4 is 15.4 Å².